The molecule has 0 radical (unpaired) electrons. The van der Waals surface area contributed by atoms with E-state index in [0.29, 0.717) is 43.5 Å². The van der Waals surface area contributed by atoms with E-state index in [1.54, 1.807) is 35.4 Å². The van der Waals surface area contributed by atoms with Crippen LogP contribution in [0.1, 0.15) is 99.3 Å². The fourth-order valence-corrected chi connectivity index (χ4v) is 5.23. The highest BCUT2D eigenvalue weighted by Crippen LogP contribution is 2.32. The lowest BCUT2D eigenvalue weighted by Gasteiger charge is -2.32. The van der Waals surface area contributed by atoms with E-state index in [9.17, 15) is 14.4 Å². The fraction of sp³-hybridized carbons (Fsp3) is 0.474. The summed E-state index contributed by atoms with van der Waals surface area (Å²) in [4.78, 5) is 43.6. The van der Waals surface area contributed by atoms with Gasteiger partial charge in [-0.05, 0) is 107 Å². The minimum absolute atomic E-state index is 0.149. The number of fused-ring (bicyclic) bond motifs is 1. The molecule has 2 aromatic carbocycles. The Morgan fingerprint density at radius 3 is 2.10 bits per heavy atom. The van der Waals surface area contributed by atoms with Gasteiger partial charge in [0.15, 0.2) is 0 Å². The van der Waals surface area contributed by atoms with E-state index < -0.39 is 11.2 Å². The number of amides is 1. The Kier molecular flexibility index (Phi) is 12.1. The molecule has 1 aliphatic rings. The van der Waals surface area contributed by atoms with Crippen LogP contribution in [-0.4, -0.2) is 66.0 Å². The van der Waals surface area contributed by atoms with Crippen LogP contribution in [-0.2, 0) is 32.0 Å². The zero-order valence-corrected chi connectivity index (χ0v) is 29.2. The van der Waals surface area contributed by atoms with Gasteiger partial charge in [-0.2, -0.15) is 0 Å². The first-order valence-corrected chi connectivity index (χ1v) is 16.4. The number of aromatic nitrogens is 1. The molecule has 0 saturated heterocycles. The van der Waals surface area contributed by atoms with Gasteiger partial charge in [0, 0.05) is 31.3 Å². The molecule has 0 bridgehead atoms. The molecule has 1 aromatic heterocycles. The van der Waals surface area contributed by atoms with Crippen LogP contribution in [0.4, 0.5) is 4.79 Å². The summed E-state index contributed by atoms with van der Waals surface area (Å²) in [5, 5.41) is 0. The summed E-state index contributed by atoms with van der Waals surface area (Å²) < 4.78 is 27.7. The van der Waals surface area contributed by atoms with Crippen molar-refractivity contribution < 1.29 is 38.1 Å². The van der Waals surface area contributed by atoms with E-state index in [2.05, 4.69) is 17.1 Å². The van der Waals surface area contributed by atoms with E-state index in [-0.39, 0.29) is 30.4 Å². The number of hydrogen-bond donors (Lipinski definition) is 0. The summed E-state index contributed by atoms with van der Waals surface area (Å²) in [6, 6.07) is 16.8. The third-order valence-corrected chi connectivity index (χ3v) is 7.60. The second-order valence-corrected chi connectivity index (χ2v) is 13.9. The number of rotatable bonds is 12. The van der Waals surface area contributed by atoms with Gasteiger partial charge in [0.25, 0.3) is 0 Å². The number of carbonyl (C=O) groups excluding carboxylic acids is 3. The third-order valence-electron chi connectivity index (χ3n) is 7.60. The number of benzene rings is 2. The molecule has 0 N–H and O–H groups in total. The molecule has 2 heterocycles. The van der Waals surface area contributed by atoms with Crippen molar-refractivity contribution in [3.63, 3.8) is 0 Å². The van der Waals surface area contributed by atoms with E-state index in [1.807, 2.05) is 59.7 Å². The molecule has 0 fully saturated rings. The number of carbonyl (C=O) groups is 3. The van der Waals surface area contributed by atoms with Crippen molar-refractivity contribution in [2.75, 3.05) is 26.9 Å². The zero-order valence-electron chi connectivity index (χ0n) is 29.2. The van der Waals surface area contributed by atoms with Crippen molar-refractivity contribution in [2.45, 2.75) is 90.9 Å². The fourth-order valence-electron chi connectivity index (χ4n) is 5.23. The van der Waals surface area contributed by atoms with Gasteiger partial charge in [-0.25, -0.2) is 14.6 Å². The molecule has 258 valence electrons. The second-order valence-electron chi connectivity index (χ2n) is 13.9. The Labute approximate surface area is 283 Å². The van der Waals surface area contributed by atoms with Crippen LogP contribution in [0.3, 0.4) is 0 Å². The molecule has 0 saturated carbocycles. The molecule has 1 atom stereocenters. The van der Waals surface area contributed by atoms with Gasteiger partial charge in [0.1, 0.15) is 17.0 Å². The number of methoxy groups -OCH3 is 1. The molecule has 10 heteroatoms. The van der Waals surface area contributed by atoms with Crippen LogP contribution >= 0.6 is 0 Å². The Hall–Kier alpha value is -4.60. The molecule has 1 unspecified atom stereocenters. The molecular weight excluding hydrogens is 612 g/mol. The Balaban J connectivity index is 1.30. The second kappa shape index (κ2) is 16.0. The van der Waals surface area contributed by atoms with Crippen molar-refractivity contribution in [3.05, 3.63) is 88.6 Å². The predicted octanol–water partition coefficient (Wildman–Crippen LogP) is 7.26. The first-order valence-electron chi connectivity index (χ1n) is 16.4. The average molecular weight is 661 g/mol. The Morgan fingerprint density at radius 1 is 0.812 bits per heavy atom. The largest absolute Gasteiger partial charge is 0.494 e. The number of nitrogens with zero attached hydrogens (tertiary/aromatic N) is 2. The number of pyridine rings is 1. The monoisotopic (exact) mass is 660 g/mol. The highest BCUT2D eigenvalue weighted by molar-refractivity contribution is 5.89. The summed E-state index contributed by atoms with van der Waals surface area (Å²) in [5.74, 6) is 0.207. The van der Waals surface area contributed by atoms with Gasteiger partial charge in [0.2, 0.25) is 5.88 Å². The normalized spacial score (nSPS) is 13.6. The number of hydrogen-bond acceptors (Lipinski definition) is 9. The summed E-state index contributed by atoms with van der Waals surface area (Å²) in [6.07, 6.45) is 3.83. The zero-order chi connectivity index (χ0) is 34.9. The van der Waals surface area contributed by atoms with Crippen molar-refractivity contribution >= 4 is 18.0 Å². The molecular formula is C38H48N2O8. The lowest BCUT2D eigenvalue weighted by Crippen LogP contribution is -2.39. The third kappa shape index (κ3) is 11.0. The van der Waals surface area contributed by atoms with Crippen LogP contribution in [0, 0.1) is 0 Å². The predicted molar refractivity (Wildman–Crippen MR) is 181 cm³/mol. The van der Waals surface area contributed by atoms with Crippen molar-refractivity contribution in [1.82, 2.24) is 9.88 Å². The van der Waals surface area contributed by atoms with Gasteiger partial charge in [-0.3, -0.25) is 4.79 Å². The lowest BCUT2D eigenvalue weighted by molar-refractivity contribution is -0.140. The highest BCUT2D eigenvalue weighted by Gasteiger charge is 2.27. The molecule has 1 aliphatic heterocycles. The molecule has 48 heavy (non-hydrogen) atoms. The van der Waals surface area contributed by atoms with E-state index in [4.69, 9.17) is 23.7 Å². The molecule has 1 amide bonds. The molecule has 10 nitrogen and oxygen atoms in total. The quantitative estimate of drug-likeness (QED) is 0.112. The SMILES string of the molecule is COC(=O)CC(c1ccc(OCCCCOc2ccc(C(=O)OC(C)(C)C)cc2)nc1)c1ccc2c(c1)CN(C(=O)OC(C)(C)C)CC2. The van der Waals surface area contributed by atoms with Gasteiger partial charge >= 0.3 is 18.0 Å². The van der Waals surface area contributed by atoms with E-state index >= 15 is 0 Å². The number of ether oxygens (including phenoxy) is 5. The summed E-state index contributed by atoms with van der Waals surface area (Å²) in [7, 11) is 1.38. The molecule has 4 rings (SSSR count). The topological polar surface area (TPSA) is 113 Å². The van der Waals surface area contributed by atoms with E-state index in [0.717, 1.165) is 36.0 Å². The lowest BCUT2D eigenvalue weighted by atomic mass is 9.86. The maximum atomic E-state index is 12.7. The number of unbranched alkanes of at least 4 members (excludes halogenated alkanes) is 1. The molecule has 0 aliphatic carbocycles. The first-order chi connectivity index (χ1) is 22.7. The Bertz CT molecular complexity index is 1540. The van der Waals surface area contributed by atoms with Gasteiger partial charge in [0.05, 0.1) is 32.3 Å². The smallest absolute Gasteiger partial charge is 0.410 e. The molecule has 3 aromatic rings. The minimum atomic E-state index is -0.567. The van der Waals surface area contributed by atoms with Crippen molar-refractivity contribution in [2.24, 2.45) is 0 Å². The average Bonchev–Trinajstić information content (AvgIpc) is 3.03. The Morgan fingerprint density at radius 2 is 1.48 bits per heavy atom. The van der Waals surface area contributed by atoms with Gasteiger partial charge in [-0.1, -0.05) is 24.3 Å². The first kappa shape index (κ1) is 36.2. The van der Waals surface area contributed by atoms with Crippen molar-refractivity contribution in [3.8, 4) is 11.6 Å². The van der Waals surface area contributed by atoms with Gasteiger partial charge < -0.3 is 28.6 Å². The van der Waals surface area contributed by atoms with Crippen LogP contribution in [0.2, 0.25) is 0 Å². The maximum absolute atomic E-state index is 12.7. The highest BCUT2D eigenvalue weighted by atomic mass is 16.6. The van der Waals surface area contributed by atoms with Crippen LogP contribution in [0.15, 0.2) is 60.8 Å². The van der Waals surface area contributed by atoms with Gasteiger partial charge in [-0.15, -0.1) is 0 Å². The summed E-state index contributed by atoms with van der Waals surface area (Å²) in [5.41, 5.74) is 3.39. The number of esters is 2. The standard InChI is InChI=1S/C38H48N2O8/c1-37(2,3)47-35(42)27-12-15-31(16-13-27)45-20-8-9-21-46-33-17-14-29(24-39-33)32(23-34(41)44-7)28-11-10-26-18-19-40(25-30(26)22-28)36(43)48-38(4,5)6/h10-17,22,24,32H,8-9,18-21,23,25H2,1-7H3. The minimum Gasteiger partial charge on any atom is -0.494 e. The summed E-state index contributed by atoms with van der Waals surface area (Å²) >= 11 is 0. The summed E-state index contributed by atoms with van der Waals surface area (Å²) in [6.45, 7) is 13.1. The van der Waals surface area contributed by atoms with Crippen LogP contribution in [0.5, 0.6) is 11.6 Å². The maximum Gasteiger partial charge on any atom is 0.410 e. The van der Waals surface area contributed by atoms with Crippen LogP contribution in [0.25, 0.3) is 0 Å². The van der Waals surface area contributed by atoms with E-state index in [1.165, 1.54) is 12.7 Å². The van der Waals surface area contributed by atoms with Crippen LogP contribution < -0.4 is 9.47 Å². The van der Waals surface area contributed by atoms with Crippen molar-refractivity contribution in [1.29, 1.82) is 0 Å². The molecule has 0 spiro atoms.